The smallest absolute Gasteiger partial charge is 0.338 e. The lowest BCUT2D eigenvalue weighted by Crippen LogP contribution is -2.34. The van der Waals surface area contributed by atoms with E-state index in [0.717, 1.165) is 10.9 Å². The molecule has 0 amide bonds. The van der Waals surface area contributed by atoms with Gasteiger partial charge >= 0.3 is 5.97 Å². The number of benzene rings is 1. The largest absolute Gasteiger partial charge is 0.491 e. The van der Waals surface area contributed by atoms with E-state index in [-0.39, 0.29) is 35.3 Å². The molecular formula is C24H31N5O10S. The van der Waals surface area contributed by atoms with Crippen molar-refractivity contribution < 1.29 is 47.8 Å². The standard InChI is InChI=1S/C24H31N5O10S/c1-12(2)8-38-23(34)13-3-5-15(6-4-13)37-9-14(31)10-40(35,36)24-28-17-20(25)26-11-27-21(17)29(24)22-19(33)18(32)16(7-30)39-22/h3-6,11-12,14,16,18-19,22,30-33H,7-10H2,1-2H3,(H2,25,26,27)/t14-,16-,18-,19-,22-/m1/s1. The number of ether oxygens (including phenoxy) is 3. The van der Waals surface area contributed by atoms with Crippen molar-refractivity contribution in [3.63, 3.8) is 0 Å². The Morgan fingerprint density at radius 3 is 2.48 bits per heavy atom. The molecule has 0 aliphatic carbocycles. The fourth-order valence-corrected chi connectivity index (χ4v) is 5.50. The molecule has 40 heavy (non-hydrogen) atoms. The van der Waals surface area contributed by atoms with Gasteiger partial charge in [-0.25, -0.2) is 28.2 Å². The number of carbonyl (C=O) groups excluding carboxylic acids is 1. The molecule has 0 saturated carbocycles. The normalized spacial score (nSPS) is 22.1. The highest BCUT2D eigenvalue weighted by Crippen LogP contribution is 2.35. The fourth-order valence-electron chi connectivity index (χ4n) is 4.03. The predicted octanol–water partition coefficient (Wildman–Crippen LogP) is -0.954. The molecule has 0 radical (unpaired) electrons. The predicted molar refractivity (Wildman–Crippen MR) is 138 cm³/mol. The molecule has 1 saturated heterocycles. The number of hydrogen-bond acceptors (Lipinski definition) is 14. The summed E-state index contributed by atoms with van der Waals surface area (Å²) in [7, 11) is -4.41. The van der Waals surface area contributed by atoms with E-state index >= 15 is 0 Å². The maximum absolute atomic E-state index is 13.4. The van der Waals surface area contributed by atoms with Crippen molar-refractivity contribution in [2.75, 3.05) is 31.3 Å². The molecule has 16 heteroatoms. The molecule has 1 aromatic carbocycles. The van der Waals surface area contributed by atoms with Gasteiger partial charge in [0.25, 0.3) is 0 Å². The number of nitrogens with zero attached hydrogens (tertiary/aromatic N) is 4. The zero-order valence-corrected chi connectivity index (χ0v) is 22.5. The lowest BCUT2D eigenvalue weighted by Gasteiger charge is -2.20. The van der Waals surface area contributed by atoms with Gasteiger partial charge in [-0.15, -0.1) is 0 Å². The van der Waals surface area contributed by atoms with Crippen molar-refractivity contribution in [1.29, 1.82) is 0 Å². The first-order valence-electron chi connectivity index (χ1n) is 12.3. The molecule has 1 aliphatic heterocycles. The Morgan fingerprint density at radius 1 is 1.15 bits per heavy atom. The van der Waals surface area contributed by atoms with Crippen LogP contribution in [-0.2, 0) is 19.3 Å². The Kier molecular flexibility index (Phi) is 8.86. The van der Waals surface area contributed by atoms with Crippen LogP contribution >= 0.6 is 0 Å². The minimum absolute atomic E-state index is 0.0985. The summed E-state index contributed by atoms with van der Waals surface area (Å²) in [4.78, 5) is 23.9. The quantitative estimate of drug-likeness (QED) is 0.172. The van der Waals surface area contributed by atoms with E-state index in [9.17, 15) is 33.6 Å². The third kappa shape index (κ3) is 6.16. The third-order valence-corrected chi connectivity index (χ3v) is 7.68. The zero-order chi connectivity index (χ0) is 29.2. The van der Waals surface area contributed by atoms with E-state index in [1.54, 1.807) is 0 Å². The number of hydrogen-bond donors (Lipinski definition) is 5. The van der Waals surface area contributed by atoms with Crippen LogP contribution in [0.1, 0.15) is 30.4 Å². The molecule has 3 aromatic rings. The Labute approximate surface area is 229 Å². The Morgan fingerprint density at radius 2 is 1.85 bits per heavy atom. The van der Waals surface area contributed by atoms with Crippen molar-refractivity contribution in [3.8, 4) is 5.75 Å². The maximum Gasteiger partial charge on any atom is 0.338 e. The van der Waals surface area contributed by atoms with Crippen LogP contribution in [0.4, 0.5) is 5.82 Å². The van der Waals surface area contributed by atoms with Crippen molar-refractivity contribution in [3.05, 3.63) is 36.2 Å². The van der Waals surface area contributed by atoms with Crippen molar-refractivity contribution in [2.24, 2.45) is 5.92 Å². The summed E-state index contributed by atoms with van der Waals surface area (Å²) >= 11 is 0. The highest BCUT2D eigenvalue weighted by Gasteiger charge is 2.46. The molecule has 4 rings (SSSR count). The number of rotatable bonds is 11. The first kappa shape index (κ1) is 29.6. The summed E-state index contributed by atoms with van der Waals surface area (Å²) in [5.41, 5.74) is 5.96. The number of imidazole rings is 1. The van der Waals surface area contributed by atoms with Gasteiger partial charge in [-0.05, 0) is 30.2 Å². The number of aliphatic hydroxyl groups is 4. The van der Waals surface area contributed by atoms with E-state index in [4.69, 9.17) is 19.9 Å². The first-order chi connectivity index (χ1) is 18.9. The van der Waals surface area contributed by atoms with Crippen molar-refractivity contribution >= 4 is 32.8 Å². The van der Waals surface area contributed by atoms with Gasteiger partial charge in [0.2, 0.25) is 15.0 Å². The number of nitrogens with two attached hydrogens (primary N) is 1. The molecule has 0 spiro atoms. The maximum atomic E-state index is 13.4. The molecule has 0 bridgehead atoms. The van der Waals surface area contributed by atoms with Crippen LogP contribution in [0.15, 0.2) is 35.7 Å². The van der Waals surface area contributed by atoms with Crippen LogP contribution in [-0.4, -0.2) is 104 Å². The molecular weight excluding hydrogens is 550 g/mol. The highest BCUT2D eigenvalue weighted by atomic mass is 32.2. The first-order valence-corrected chi connectivity index (χ1v) is 14.0. The Bertz CT molecular complexity index is 1450. The molecule has 1 fully saturated rings. The number of carbonyl (C=O) groups is 1. The molecule has 6 N–H and O–H groups in total. The van der Waals surface area contributed by atoms with E-state index in [0.29, 0.717) is 5.56 Å². The lowest BCUT2D eigenvalue weighted by atomic mass is 10.1. The van der Waals surface area contributed by atoms with E-state index < -0.39 is 70.6 Å². The van der Waals surface area contributed by atoms with E-state index in [2.05, 4.69) is 15.0 Å². The van der Waals surface area contributed by atoms with Crippen LogP contribution in [0.5, 0.6) is 5.75 Å². The molecule has 0 unspecified atom stereocenters. The average Bonchev–Trinajstić information content (AvgIpc) is 3.44. The number of nitrogen functional groups attached to an aromatic ring is 1. The van der Waals surface area contributed by atoms with Gasteiger partial charge in [0.1, 0.15) is 43.1 Å². The molecule has 2 aromatic heterocycles. The van der Waals surface area contributed by atoms with Crippen LogP contribution in [0, 0.1) is 5.92 Å². The van der Waals surface area contributed by atoms with Crippen LogP contribution in [0.2, 0.25) is 0 Å². The zero-order valence-electron chi connectivity index (χ0n) is 21.7. The van der Waals surface area contributed by atoms with Gasteiger partial charge in [0, 0.05) is 0 Å². The van der Waals surface area contributed by atoms with E-state index in [1.165, 1.54) is 24.3 Å². The van der Waals surface area contributed by atoms with Crippen LogP contribution in [0.3, 0.4) is 0 Å². The summed E-state index contributed by atoms with van der Waals surface area (Å²) in [5, 5.41) is 40.1. The molecule has 5 atom stereocenters. The molecule has 218 valence electrons. The molecule has 3 heterocycles. The lowest BCUT2D eigenvalue weighted by molar-refractivity contribution is -0.0550. The Hall–Kier alpha value is -3.41. The van der Waals surface area contributed by atoms with Crippen LogP contribution < -0.4 is 10.5 Å². The number of sulfone groups is 1. The highest BCUT2D eigenvalue weighted by molar-refractivity contribution is 7.91. The van der Waals surface area contributed by atoms with Gasteiger partial charge in [0.05, 0.1) is 24.5 Å². The summed E-state index contributed by atoms with van der Waals surface area (Å²) in [6.07, 6.45) is -6.32. The van der Waals surface area contributed by atoms with Gasteiger partial charge in [-0.1, -0.05) is 13.8 Å². The van der Waals surface area contributed by atoms with Gasteiger partial charge in [-0.3, -0.25) is 4.57 Å². The Balaban J connectivity index is 1.50. The van der Waals surface area contributed by atoms with Gasteiger partial charge < -0.3 is 40.4 Å². The van der Waals surface area contributed by atoms with Gasteiger partial charge in [-0.2, -0.15) is 0 Å². The minimum Gasteiger partial charge on any atom is -0.491 e. The number of aromatic nitrogens is 4. The number of anilines is 1. The fraction of sp³-hybridized carbons (Fsp3) is 0.500. The average molecular weight is 582 g/mol. The second-order valence-corrected chi connectivity index (χ2v) is 11.6. The number of aliphatic hydroxyl groups excluding tert-OH is 4. The second kappa shape index (κ2) is 12.0. The summed E-state index contributed by atoms with van der Waals surface area (Å²) in [6, 6.07) is 5.93. The summed E-state index contributed by atoms with van der Waals surface area (Å²) in [6.45, 7) is 3.04. The SMILES string of the molecule is CC(C)COC(=O)c1ccc(OC[C@@H](O)CS(=O)(=O)c2nc3c(N)ncnc3n2[C@@H]2O[C@H](CO)[C@@H](O)[C@H]2O)cc1. The van der Waals surface area contributed by atoms with Crippen molar-refractivity contribution in [1.82, 2.24) is 19.5 Å². The summed E-state index contributed by atoms with van der Waals surface area (Å²) in [5.74, 6) is -1.02. The molecule has 15 nitrogen and oxygen atoms in total. The van der Waals surface area contributed by atoms with E-state index in [1.807, 2.05) is 13.8 Å². The van der Waals surface area contributed by atoms with Crippen molar-refractivity contribution in [2.45, 2.75) is 49.6 Å². The summed E-state index contributed by atoms with van der Waals surface area (Å²) < 4.78 is 43.9. The van der Waals surface area contributed by atoms with Gasteiger partial charge in [0.15, 0.2) is 23.2 Å². The number of fused-ring (bicyclic) bond motifs is 1. The monoisotopic (exact) mass is 581 g/mol. The van der Waals surface area contributed by atoms with Crippen LogP contribution in [0.25, 0.3) is 11.2 Å². The minimum atomic E-state index is -4.41. The molecule has 1 aliphatic rings. The number of esters is 1. The topological polar surface area (TPSA) is 229 Å². The third-order valence-electron chi connectivity index (χ3n) is 6.01. The second-order valence-electron chi connectivity index (χ2n) is 9.69.